The SMILES string of the molecule is COc1ccc(N(c2nc(N)nc(NCC3CCCCC3)n2)C(S)(S)c2c(S)cccc2S)cc1F. The Morgan fingerprint density at radius 3 is 2.42 bits per heavy atom. The minimum Gasteiger partial charge on any atom is -0.494 e. The molecule has 7 nitrogen and oxygen atoms in total. The maximum atomic E-state index is 14.8. The highest BCUT2D eigenvalue weighted by atomic mass is 32.2. The lowest BCUT2D eigenvalue weighted by atomic mass is 9.89. The Bertz CT molecular complexity index is 1200. The van der Waals surface area contributed by atoms with Crippen molar-refractivity contribution < 1.29 is 9.13 Å². The summed E-state index contributed by atoms with van der Waals surface area (Å²) in [6.45, 7) is 0.729. The van der Waals surface area contributed by atoms with Gasteiger partial charge in [0.1, 0.15) is 0 Å². The topological polar surface area (TPSA) is 89.2 Å². The van der Waals surface area contributed by atoms with Crippen LogP contribution in [0.15, 0.2) is 46.2 Å². The monoisotopic (exact) mass is 564 g/mol. The van der Waals surface area contributed by atoms with Gasteiger partial charge in [-0.3, -0.25) is 4.90 Å². The van der Waals surface area contributed by atoms with Crippen LogP contribution in [-0.2, 0) is 4.20 Å². The van der Waals surface area contributed by atoms with Crippen LogP contribution in [-0.4, -0.2) is 28.6 Å². The van der Waals surface area contributed by atoms with Crippen LogP contribution in [0.1, 0.15) is 37.7 Å². The number of ether oxygens (including phenoxy) is 1. The maximum absolute atomic E-state index is 14.8. The van der Waals surface area contributed by atoms with Crippen molar-refractivity contribution in [3.8, 4) is 5.75 Å². The first-order valence-corrected chi connectivity index (χ1v) is 13.3. The van der Waals surface area contributed by atoms with Crippen LogP contribution in [0.2, 0.25) is 0 Å². The van der Waals surface area contributed by atoms with Gasteiger partial charge in [0.15, 0.2) is 15.8 Å². The van der Waals surface area contributed by atoms with Crippen LogP contribution in [0.4, 0.5) is 27.9 Å². The van der Waals surface area contributed by atoms with E-state index in [1.807, 2.05) is 6.07 Å². The lowest BCUT2D eigenvalue weighted by Gasteiger charge is -2.38. The van der Waals surface area contributed by atoms with E-state index in [0.717, 1.165) is 19.4 Å². The van der Waals surface area contributed by atoms with Crippen molar-refractivity contribution in [2.75, 3.05) is 29.6 Å². The fraction of sp³-hybridized carbons (Fsp3) is 0.375. The summed E-state index contributed by atoms with van der Waals surface area (Å²) in [5.74, 6) is 0.534. The molecule has 1 fully saturated rings. The second kappa shape index (κ2) is 11.6. The quantitative estimate of drug-likeness (QED) is 0.148. The number of nitrogens with zero attached hydrogens (tertiary/aromatic N) is 4. The molecule has 0 radical (unpaired) electrons. The number of hydrogen-bond donors (Lipinski definition) is 6. The van der Waals surface area contributed by atoms with Gasteiger partial charge in [-0.2, -0.15) is 15.0 Å². The summed E-state index contributed by atoms with van der Waals surface area (Å²) in [4.78, 5) is 16.0. The van der Waals surface area contributed by atoms with E-state index in [4.69, 9.17) is 35.7 Å². The molecule has 0 unspecified atom stereocenters. The first-order chi connectivity index (χ1) is 17.2. The van der Waals surface area contributed by atoms with Crippen molar-refractivity contribution in [3.05, 3.63) is 47.8 Å². The van der Waals surface area contributed by atoms with Gasteiger partial charge in [0.2, 0.25) is 17.8 Å². The summed E-state index contributed by atoms with van der Waals surface area (Å²) >= 11 is 19.0. The molecule has 1 aliphatic carbocycles. The molecule has 0 atom stereocenters. The molecule has 0 spiro atoms. The summed E-state index contributed by atoms with van der Waals surface area (Å²) in [6.07, 6.45) is 6.06. The zero-order valence-corrected chi connectivity index (χ0v) is 23.3. The van der Waals surface area contributed by atoms with Gasteiger partial charge in [-0.25, -0.2) is 4.39 Å². The second-order valence-corrected chi connectivity index (χ2v) is 11.3. The van der Waals surface area contributed by atoms with Gasteiger partial charge >= 0.3 is 0 Å². The number of nitrogens with one attached hydrogen (secondary N) is 1. The van der Waals surface area contributed by atoms with E-state index in [0.29, 0.717) is 32.9 Å². The molecule has 0 amide bonds. The first kappa shape index (κ1) is 27.0. The first-order valence-electron chi connectivity index (χ1n) is 11.6. The van der Waals surface area contributed by atoms with Crippen LogP contribution < -0.4 is 20.7 Å². The molecular weight excluding hydrogens is 536 g/mol. The average molecular weight is 565 g/mol. The summed E-state index contributed by atoms with van der Waals surface area (Å²) in [7, 11) is 1.40. The Labute approximate surface area is 232 Å². The number of nitrogen functional groups attached to an aromatic ring is 1. The molecule has 36 heavy (non-hydrogen) atoms. The lowest BCUT2D eigenvalue weighted by molar-refractivity contribution is 0.373. The van der Waals surface area contributed by atoms with Crippen molar-refractivity contribution in [2.24, 2.45) is 5.92 Å². The highest BCUT2D eigenvalue weighted by molar-refractivity contribution is 8.00. The van der Waals surface area contributed by atoms with Crippen molar-refractivity contribution in [3.63, 3.8) is 0 Å². The number of hydrogen-bond acceptors (Lipinski definition) is 11. The van der Waals surface area contributed by atoms with E-state index in [1.54, 1.807) is 23.1 Å². The van der Waals surface area contributed by atoms with Gasteiger partial charge < -0.3 is 15.8 Å². The second-order valence-electron chi connectivity index (χ2n) is 8.66. The third-order valence-corrected chi connectivity index (χ3v) is 7.77. The molecule has 2 aromatic carbocycles. The van der Waals surface area contributed by atoms with Crippen LogP contribution in [0.3, 0.4) is 0 Å². The zero-order valence-electron chi connectivity index (χ0n) is 19.7. The highest BCUT2D eigenvalue weighted by Gasteiger charge is 2.38. The Morgan fingerprint density at radius 1 is 1.08 bits per heavy atom. The van der Waals surface area contributed by atoms with Crippen LogP contribution in [0.5, 0.6) is 5.75 Å². The minimum absolute atomic E-state index is 0.00727. The van der Waals surface area contributed by atoms with Crippen LogP contribution in [0, 0.1) is 11.7 Å². The van der Waals surface area contributed by atoms with Crippen LogP contribution >= 0.6 is 50.5 Å². The molecule has 1 aliphatic rings. The Hall–Kier alpha value is -2.02. The molecule has 3 N–H and O–H groups in total. The number of aromatic nitrogens is 3. The summed E-state index contributed by atoms with van der Waals surface area (Å²) in [5.41, 5.74) is 7.03. The molecule has 192 valence electrons. The Kier molecular flexibility index (Phi) is 8.69. The predicted molar refractivity (Wildman–Crippen MR) is 155 cm³/mol. The van der Waals surface area contributed by atoms with Gasteiger partial charge in [-0.05, 0) is 43.0 Å². The van der Waals surface area contributed by atoms with Crippen molar-refractivity contribution in [2.45, 2.75) is 46.1 Å². The van der Waals surface area contributed by atoms with E-state index in [1.165, 1.54) is 38.5 Å². The number of anilines is 4. The molecule has 1 aromatic heterocycles. The number of halogens is 1. The third-order valence-electron chi connectivity index (χ3n) is 6.18. The van der Waals surface area contributed by atoms with Gasteiger partial charge in [0, 0.05) is 33.7 Å². The van der Waals surface area contributed by atoms with Gasteiger partial charge in [0.05, 0.1) is 7.11 Å². The third kappa shape index (κ3) is 5.92. The zero-order chi connectivity index (χ0) is 25.9. The molecule has 3 aromatic rings. The van der Waals surface area contributed by atoms with E-state index < -0.39 is 10.0 Å². The number of benzene rings is 2. The smallest absolute Gasteiger partial charge is 0.238 e. The van der Waals surface area contributed by atoms with Crippen LogP contribution in [0.25, 0.3) is 0 Å². The van der Waals surface area contributed by atoms with Crippen molar-refractivity contribution in [1.82, 2.24) is 15.0 Å². The number of methoxy groups -OCH3 is 1. The lowest BCUT2D eigenvalue weighted by Crippen LogP contribution is -2.36. The standard InChI is InChI=1S/C24H29FN6OS4/c1-32-17-11-10-15(12-16(17)25)31(24(35,36)20-18(33)8-5-9-19(20)34)23-29-21(26)28-22(30-23)27-13-14-6-3-2-4-7-14/h5,8-12,14,33-36H,2-4,6-7,13H2,1H3,(H3,26,27,28,29,30). The Morgan fingerprint density at radius 2 is 1.78 bits per heavy atom. The summed E-state index contributed by atoms with van der Waals surface area (Å²) in [6, 6.07) is 9.88. The normalized spacial score (nSPS) is 14.5. The molecule has 0 bridgehead atoms. The largest absolute Gasteiger partial charge is 0.494 e. The fourth-order valence-corrected chi connectivity index (χ4v) is 6.47. The Balaban J connectivity index is 1.80. The predicted octanol–water partition coefficient (Wildman–Crippen LogP) is 5.98. The molecule has 0 aliphatic heterocycles. The number of nitrogens with two attached hydrogens (primary N) is 1. The van der Waals surface area contributed by atoms with Crippen molar-refractivity contribution in [1.29, 1.82) is 0 Å². The average Bonchev–Trinajstić information content (AvgIpc) is 2.83. The van der Waals surface area contributed by atoms with E-state index in [2.05, 4.69) is 45.5 Å². The highest BCUT2D eigenvalue weighted by Crippen LogP contribution is 2.48. The summed E-state index contributed by atoms with van der Waals surface area (Å²) in [5, 5.41) is 3.30. The number of rotatable bonds is 8. The fourth-order valence-electron chi connectivity index (χ4n) is 4.40. The van der Waals surface area contributed by atoms with E-state index >= 15 is 0 Å². The molecule has 1 heterocycles. The maximum Gasteiger partial charge on any atom is 0.238 e. The molecule has 0 saturated heterocycles. The molecule has 1 saturated carbocycles. The molecular formula is C24H29FN6OS4. The van der Waals surface area contributed by atoms with Gasteiger partial charge in [-0.1, -0.05) is 25.3 Å². The molecule has 4 rings (SSSR count). The van der Waals surface area contributed by atoms with Crippen molar-refractivity contribution >= 4 is 74.0 Å². The van der Waals surface area contributed by atoms with E-state index in [-0.39, 0.29) is 17.6 Å². The van der Waals surface area contributed by atoms with Gasteiger partial charge in [0.25, 0.3) is 0 Å². The number of thiol groups is 4. The van der Waals surface area contributed by atoms with Gasteiger partial charge in [-0.15, -0.1) is 50.5 Å². The minimum atomic E-state index is -1.41. The molecule has 12 heteroatoms. The van der Waals surface area contributed by atoms with E-state index in [9.17, 15) is 4.39 Å². The summed E-state index contributed by atoms with van der Waals surface area (Å²) < 4.78 is 18.5.